The number of hydrogen-bond acceptors (Lipinski definition) is 3. The van der Waals surface area contributed by atoms with Crippen molar-refractivity contribution in [1.29, 1.82) is 0 Å². The summed E-state index contributed by atoms with van der Waals surface area (Å²) in [5, 5.41) is 3.09. The van der Waals surface area contributed by atoms with Crippen molar-refractivity contribution in [3.63, 3.8) is 0 Å². The van der Waals surface area contributed by atoms with E-state index in [1.54, 1.807) is 0 Å². The molecule has 93 valence electrons. The number of hydrogen-bond donors (Lipinski definition) is 1. The van der Waals surface area contributed by atoms with Crippen molar-refractivity contribution in [2.75, 3.05) is 12.4 Å². The number of rotatable bonds is 6. The molecule has 1 aromatic carbocycles. The van der Waals surface area contributed by atoms with Crippen molar-refractivity contribution in [2.24, 2.45) is 0 Å². The quantitative estimate of drug-likeness (QED) is 0.788. The molecular weight excluding hydrogens is 230 g/mol. The number of ether oxygens (including phenoxy) is 1. The smallest absolute Gasteiger partial charge is 0.247 e. The van der Waals surface area contributed by atoms with Gasteiger partial charge in [0.2, 0.25) is 10.5 Å². The molecule has 1 unspecified atom stereocenters. The summed E-state index contributed by atoms with van der Waals surface area (Å²) < 4.78 is 11.3. The molecule has 3 radical (unpaired) electrons. The van der Waals surface area contributed by atoms with E-state index in [4.69, 9.17) is 9.16 Å². The molecule has 0 aliphatic rings. The van der Waals surface area contributed by atoms with Gasteiger partial charge in [0, 0.05) is 18.8 Å². The Morgan fingerprint density at radius 1 is 1.41 bits per heavy atom. The van der Waals surface area contributed by atoms with Gasteiger partial charge in [0.05, 0.1) is 5.60 Å². The summed E-state index contributed by atoms with van der Waals surface area (Å²) in [5.41, 5.74) is 0.663. The molecule has 1 N–H and O–H groups in total. The fourth-order valence-corrected chi connectivity index (χ4v) is 1.80. The minimum Gasteiger partial charge on any atom is -0.487 e. The lowest BCUT2D eigenvalue weighted by molar-refractivity contribution is -0.00963. The Balaban J connectivity index is 2.80. The van der Waals surface area contributed by atoms with Crippen LogP contribution in [0.1, 0.15) is 27.2 Å². The minimum atomic E-state index is -0.374. The average Bonchev–Trinajstić information content (AvgIpc) is 2.36. The van der Waals surface area contributed by atoms with Gasteiger partial charge in [-0.05, 0) is 32.4 Å². The van der Waals surface area contributed by atoms with E-state index in [1.165, 1.54) is 0 Å². The van der Waals surface area contributed by atoms with Crippen molar-refractivity contribution in [3.8, 4) is 5.75 Å². The second-order valence-electron chi connectivity index (χ2n) is 4.50. The standard InChI is InChI=1S/C13H20NO2Si/c1-5-12(13(2,3)16-17)15-11-8-6-7-10(9-11)14-4/h6-9,12,14H,5H2,1-4H3. The van der Waals surface area contributed by atoms with E-state index >= 15 is 0 Å². The maximum atomic E-state index is 5.97. The summed E-state index contributed by atoms with van der Waals surface area (Å²) in [6.07, 6.45) is 0.869. The molecule has 0 spiro atoms. The Kier molecular flexibility index (Phi) is 5.02. The highest BCUT2D eigenvalue weighted by Gasteiger charge is 2.29. The summed E-state index contributed by atoms with van der Waals surface area (Å²) in [6, 6.07) is 7.90. The lowest BCUT2D eigenvalue weighted by Gasteiger charge is -2.33. The molecule has 1 atom stereocenters. The van der Waals surface area contributed by atoms with Crippen LogP contribution in [0.4, 0.5) is 5.69 Å². The molecule has 3 nitrogen and oxygen atoms in total. The van der Waals surface area contributed by atoms with Gasteiger partial charge in [0.1, 0.15) is 11.9 Å². The van der Waals surface area contributed by atoms with Crippen LogP contribution in [0, 0.1) is 0 Å². The minimum absolute atomic E-state index is 0.00731. The van der Waals surface area contributed by atoms with Crippen LogP contribution >= 0.6 is 0 Å². The molecule has 0 heterocycles. The predicted molar refractivity (Wildman–Crippen MR) is 71.6 cm³/mol. The summed E-state index contributed by atoms with van der Waals surface area (Å²) in [4.78, 5) is 0. The Hall–Kier alpha value is -1.00. The van der Waals surface area contributed by atoms with E-state index in [0.29, 0.717) is 0 Å². The number of nitrogens with one attached hydrogen (secondary N) is 1. The van der Waals surface area contributed by atoms with Gasteiger partial charge in [-0.25, -0.2) is 0 Å². The van der Waals surface area contributed by atoms with Crippen LogP contribution in [0.25, 0.3) is 0 Å². The number of anilines is 1. The average molecular weight is 250 g/mol. The first kappa shape index (κ1) is 14.1. The van der Waals surface area contributed by atoms with Gasteiger partial charge in [-0.3, -0.25) is 0 Å². The first-order valence-electron chi connectivity index (χ1n) is 5.82. The van der Waals surface area contributed by atoms with E-state index < -0.39 is 0 Å². The SMILES string of the molecule is CCC(Oc1cccc(NC)c1)C(C)(C)O[Si]. The van der Waals surface area contributed by atoms with E-state index in [9.17, 15) is 0 Å². The second-order valence-corrected chi connectivity index (χ2v) is 4.70. The Morgan fingerprint density at radius 2 is 2.12 bits per heavy atom. The molecule has 0 aliphatic heterocycles. The van der Waals surface area contributed by atoms with Crippen molar-refractivity contribution >= 4 is 16.2 Å². The van der Waals surface area contributed by atoms with E-state index in [1.807, 2.05) is 45.2 Å². The zero-order chi connectivity index (χ0) is 12.9. The molecule has 0 amide bonds. The third-order valence-electron chi connectivity index (χ3n) is 2.81. The summed E-state index contributed by atoms with van der Waals surface area (Å²) >= 11 is 0. The van der Waals surface area contributed by atoms with Crippen LogP contribution in [-0.4, -0.2) is 29.2 Å². The van der Waals surface area contributed by atoms with E-state index in [2.05, 4.69) is 22.7 Å². The summed E-state index contributed by atoms with van der Waals surface area (Å²) in [7, 11) is 5.00. The molecular formula is C13H20NO2Si. The maximum absolute atomic E-state index is 5.97. The fourth-order valence-electron chi connectivity index (χ4n) is 1.67. The second kappa shape index (κ2) is 6.07. The van der Waals surface area contributed by atoms with E-state index in [0.717, 1.165) is 17.9 Å². The lowest BCUT2D eigenvalue weighted by atomic mass is 9.99. The van der Waals surface area contributed by atoms with Gasteiger partial charge in [0.25, 0.3) is 0 Å². The molecule has 17 heavy (non-hydrogen) atoms. The van der Waals surface area contributed by atoms with Crippen molar-refractivity contribution < 1.29 is 9.16 Å². The van der Waals surface area contributed by atoms with Crippen LogP contribution in [0.2, 0.25) is 0 Å². The molecule has 4 heteroatoms. The largest absolute Gasteiger partial charge is 0.487 e. The maximum Gasteiger partial charge on any atom is 0.247 e. The van der Waals surface area contributed by atoms with Crippen LogP contribution < -0.4 is 10.1 Å². The van der Waals surface area contributed by atoms with Gasteiger partial charge in [-0.1, -0.05) is 13.0 Å². The Morgan fingerprint density at radius 3 is 2.65 bits per heavy atom. The first-order valence-corrected chi connectivity index (χ1v) is 6.23. The van der Waals surface area contributed by atoms with Gasteiger partial charge in [-0.15, -0.1) is 0 Å². The molecule has 0 saturated carbocycles. The van der Waals surface area contributed by atoms with Crippen molar-refractivity contribution in [3.05, 3.63) is 24.3 Å². The van der Waals surface area contributed by atoms with Crippen LogP contribution in [-0.2, 0) is 4.43 Å². The molecule has 1 aromatic rings. The van der Waals surface area contributed by atoms with E-state index in [-0.39, 0.29) is 11.7 Å². The van der Waals surface area contributed by atoms with Crippen molar-refractivity contribution in [2.45, 2.75) is 38.9 Å². The third-order valence-corrected chi connectivity index (χ3v) is 3.34. The topological polar surface area (TPSA) is 30.5 Å². The molecule has 0 aliphatic carbocycles. The normalized spacial score (nSPS) is 13.2. The van der Waals surface area contributed by atoms with Gasteiger partial charge >= 0.3 is 0 Å². The molecule has 0 fully saturated rings. The zero-order valence-corrected chi connectivity index (χ0v) is 11.9. The molecule has 1 rings (SSSR count). The van der Waals surface area contributed by atoms with Crippen LogP contribution in [0.5, 0.6) is 5.75 Å². The first-order chi connectivity index (χ1) is 8.03. The van der Waals surface area contributed by atoms with Gasteiger partial charge in [0.15, 0.2) is 0 Å². The summed E-state index contributed by atoms with van der Waals surface area (Å²) in [6.45, 7) is 6.08. The highest BCUT2D eigenvalue weighted by atomic mass is 28.2. The Bertz CT molecular complexity index is 355. The van der Waals surface area contributed by atoms with Crippen LogP contribution in [0.3, 0.4) is 0 Å². The van der Waals surface area contributed by atoms with Crippen LogP contribution in [0.15, 0.2) is 24.3 Å². The van der Waals surface area contributed by atoms with Crippen molar-refractivity contribution in [1.82, 2.24) is 0 Å². The van der Waals surface area contributed by atoms with Gasteiger partial charge in [-0.2, -0.15) is 0 Å². The number of benzene rings is 1. The highest BCUT2D eigenvalue weighted by molar-refractivity contribution is 5.98. The third kappa shape index (κ3) is 3.75. The fraction of sp³-hybridized carbons (Fsp3) is 0.538. The Labute approximate surface area is 107 Å². The predicted octanol–water partition coefficient (Wildman–Crippen LogP) is 2.76. The molecule has 0 saturated heterocycles. The summed E-state index contributed by atoms with van der Waals surface area (Å²) in [5.74, 6) is 0.848. The molecule has 0 bridgehead atoms. The van der Waals surface area contributed by atoms with Gasteiger partial charge < -0.3 is 14.5 Å². The highest BCUT2D eigenvalue weighted by Crippen LogP contribution is 2.24. The lowest BCUT2D eigenvalue weighted by Crippen LogP contribution is -2.42. The molecule has 0 aromatic heterocycles. The zero-order valence-electron chi connectivity index (χ0n) is 10.9. The monoisotopic (exact) mass is 250 g/mol.